The maximum atomic E-state index is 13.3. The van der Waals surface area contributed by atoms with Crippen molar-refractivity contribution in [1.29, 1.82) is 0 Å². The molecule has 0 spiro atoms. The largest absolute Gasteiger partial charge is 0.343 e. The predicted octanol–water partition coefficient (Wildman–Crippen LogP) is 3.99. The molecule has 1 N–H and O–H groups in total. The molecule has 3 rings (SSSR count). The van der Waals surface area contributed by atoms with Crippen molar-refractivity contribution in [2.24, 2.45) is 0 Å². The number of urea groups is 1. The van der Waals surface area contributed by atoms with Crippen LogP contribution in [0.25, 0.3) is 11.3 Å². The number of pyridine rings is 1. The van der Waals surface area contributed by atoms with E-state index in [0.29, 0.717) is 30.0 Å². The Balaban J connectivity index is 0.00000121. The molecule has 2 heterocycles. The summed E-state index contributed by atoms with van der Waals surface area (Å²) in [5.41, 5.74) is 1.21. The number of nitrogens with zero attached hydrogens (tertiary/aromatic N) is 3. The average Bonchev–Trinajstić information content (AvgIpc) is 2.81. The van der Waals surface area contributed by atoms with Gasteiger partial charge in [0.15, 0.2) is 0 Å². The molecule has 1 aliphatic rings. The molecule has 3 amide bonds. The van der Waals surface area contributed by atoms with Crippen molar-refractivity contribution in [3.63, 3.8) is 0 Å². The summed E-state index contributed by atoms with van der Waals surface area (Å²) in [4.78, 5) is 31.5. The summed E-state index contributed by atoms with van der Waals surface area (Å²) in [6, 6.07) is 6.21. The number of carbonyl (C=O) groups excluding carboxylic acids is 2. The molecule has 1 aromatic heterocycles. The highest BCUT2D eigenvalue weighted by molar-refractivity contribution is 5.89. The van der Waals surface area contributed by atoms with Gasteiger partial charge in [-0.25, -0.2) is 13.6 Å². The molecule has 0 aliphatic carbocycles. The molecule has 0 unspecified atom stereocenters. The molecule has 8 heteroatoms. The van der Waals surface area contributed by atoms with Crippen LogP contribution in [0.5, 0.6) is 0 Å². The first-order chi connectivity index (χ1) is 15.3. The Morgan fingerprint density at radius 2 is 1.86 bits per heavy atom. The van der Waals surface area contributed by atoms with Crippen molar-refractivity contribution in [2.75, 3.05) is 25.5 Å². The standard InChI is InChI=1S/C20H22F2N4O2.2H2/c1-13(27)26-7-5-18(6-8-26)25(2)20(28)24-17-3-4-19(23-12-17)14-9-15(21)11-16(22)10-14;;/h3-4,9-12,18H,5-8H2,1-2H3,(H,24,28);2*1H/i;2*1+1D. The summed E-state index contributed by atoms with van der Waals surface area (Å²) in [6.07, 6.45) is 2.90. The van der Waals surface area contributed by atoms with Crippen molar-refractivity contribution in [3.05, 3.63) is 48.2 Å². The van der Waals surface area contributed by atoms with Crippen LogP contribution in [0.3, 0.4) is 0 Å². The van der Waals surface area contributed by atoms with Gasteiger partial charge >= 0.3 is 6.03 Å². The van der Waals surface area contributed by atoms with Crippen LogP contribution in [0.1, 0.15) is 25.7 Å². The molecule has 28 heavy (non-hydrogen) atoms. The van der Waals surface area contributed by atoms with Crippen LogP contribution in [0.2, 0.25) is 0 Å². The summed E-state index contributed by atoms with van der Waals surface area (Å²) < 4.78 is 46.7. The molecule has 152 valence electrons. The first kappa shape index (κ1) is 17.1. The Hall–Kier alpha value is -3.03. The number of likely N-dealkylation sites (tertiary alicyclic amines) is 1. The van der Waals surface area contributed by atoms with E-state index in [-0.39, 0.29) is 18.0 Å². The van der Waals surface area contributed by atoms with Crippen LogP contribution >= 0.6 is 0 Å². The maximum Gasteiger partial charge on any atom is 0.321 e. The summed E-state index contributed by atoms with van der Waals surface area (Å²) in [5, 5.41) is 2.77. The minimum absolute atomic E-state index is 0.0508. The van der Waals surface area contributed by atoms with E-state index < -0.39 is 11.6 Å². The quantitative estimate of drug-likeness (QED) is 0.853. The highest BCUT2D eigenvalue weighted by atomic mass is 19.1. The van der Waals surface area contributed by atoms with Crippen molar-refractivity contribution in [3.8, 4) is 11.3 Å². The Morgan fingerprint density at radius 1 is 1.21 bits per heavy atom. The second kappa shape index (κ2) is 8.33. The second-order valence-corrected chi connectivity index (χ2v) is 6.87. The van der Waals surface area contributed by atoms with Gasteiger partial charge in [0.25, 0.3) is 0 Å². The van der Waals surface area contributed by atoms with Gasteiger partial charge in [-0.3, -0.25) is 9.78 Å². The van der Waals surface area contributed by atoms with Crippen LogP contribution in [-0.2, 0) is 4.79 Å². The zero-order valence-electron chi connectivity index (χ0n) is 19.8. The van der Waals surface area contributed by atoms with E-state index in [4.69, 9.17) is 5.94 Å². The number of rotatable bonds is 3. The summed E-state index contributed by atoms with van der Waals surface area (Å²) in [5.74, 6) is -1.30. The van der Waals surface area contributed by atoms with E-state index in [0.717, 1.165) is 18.9 Å². The van der Waals surface area contributed by atoms with Crippen molar-refractivity contribution < 1.29 is 24.3 Å². The van der Waals surface area contributed by atoms with Crippen LogP contribution in [0, 0.1) is 11.6 Å². The van der Waals surface area contributed by atoms with E-state index in [1.807, 2.05) is 0 Å². The summed E-state index contributed by atoms with van der Waals surface area (Å²) in [7, 11) is 1.72. The predicted molar refractivity (Wildman–Crippen MR) is 106 cm³/mol. The van der Waals surface area contributed by atoms with E-state index in [1.54, 1.807) is 35.9 Å². The van der Waals surface area contributed by atoms with Gasteiger partial charge in [-0.1, -0.05) is 0 Å². The molecule has 0 bridgehead atoms. The number of hydrogen-bond acceptors (Lipinski definition) is 3. The molecule has 1 aromatic carbocycles. The van der Waals surface area contributed by atoms with Gasteiger partial charge in [-0.15, -0.1) is 0 Å². The normalized spacial score (nSPS) is 15.2. The van der Waals surface area contributed by atoms with Gasteiger partial charge < -0.3 is 15.1 Å². The lowest BCUT2D eigenvalue weighted by Gasteiger charge is -2.36. The van der Waals surface area contributed by atoms with Gasteiger partial charge in [0.2, 0.25) is 5.91 Å². The molecule has 0 radical (unpaired) electrons. The molecule has 1 saturated heterocycles. The minimum Gasteiger partial charge on any atom is -0.343 e. The second-order valence-electron chi connectivity index (χ2n) is 6.87. The third-order valence-corrected chi connectivity index (χ3v) is 4.95. The van der Waals surface area contributed by atoms with Crippen LogP contribution < -0.4 is 5.32 Å². The average molecular weight is 396 g/mol. The number of carbonyl (C=O) groups is 2. The lowest BCUT2D eigenvalue weighted by Crippen LogP contribution is -2.47. The van der Waals surface area contributed by atoms with Crippen LogP contribution in [0.15, 0.2) is 36.5 Å². The summed E-state index contributed by atoms with van der Waals surface area (Å²) >= 11 is 0. The first-order valence-corrected chi connectivity index (χ1v) is 9.05. The van der Waals surface area contributed by atoms with Gasteiger partial charge in [-0.05, 0) is 37.1 Å². The number of hydrogen-bond donors (Lipinski definition) is 1. The molecule has 2 aromatic rings. The zero-order valence-corrected chi connectivity index (χ0v) is 15.8. The molecular formula is C20H26F2N4O2. The van der Waals surface area contributed by atoms with Crippen LogP contribution in [-0.4, -0.2) is 52.9 Å². The van der Waals surface area contributed by atoms with Gasteiger partial charge in [0.1, 0.15) is 11.6 Å². The highest BCUT2D eigenvalue weighted by Gasteiger charge is 2.26. The number of nitrogens with one attached hydrogen (secondary N) is 1. The Labute approximate surface area is 168 Å². The minimum atomic E-state index is -0.674. The SMILES string of the molecule is CC(=O)N1CCC(N(C)C(=O)Nc2ccc(-c3cc(F)cc(F)c3)nc2)CC1.[2H][2H].[2H][2H]. The van der Waals surface area contributed by atoms with Crippen LogP contribution in [0.4, 0.5) is 19.3 Å². The Kier molecular flexibility index (Phi) is 5.08. The fourth-order valence-electron chi connectivity index (χ4n) is 3.29. The smallest absolute Gasteiger partial charge is 0.321 e. The summed E-state index contributed by atoms with van der Waals surface area (Å²) in [6.45, 7) is 2.82. The molecular weight excluding hydrogens is 366 g/mol. The third-order valence-electron chi connectivity index (χ3n) is 4.95. The highest BCUT2D eigenvalue weighted by Crippen LogP contribution is 2.22. The number of aromatic nitrogens is 1. The first-order valence-electron chi connectivity index (χ1n) is 11.1. The number of halogens is 2. The Bertz CT molecular complexity index is 862. The van der Waals surface area contributed by atoms with Gasteiger partial charge in [-0.2, -0.15) is 0 Å². The monoisotopic (exact) mass is 396 g/mol. The van der Waals surface area contributed by atoms with Gasteiger partial charge in [0.05, 0.1) is 17.6 Å². The fraction of sp³-hybridized carbons (Fsp3) is 0.350. The fourth-order valence-corrected chi connectivity index (χ4v) is 3.29. The van der Waals surface area contributed by atoms with E-state index in [9.17, 15) is 18.4 Å². The number of piperidine rings is 1. The molecule has 1 aliphatic heterocycles. The maximum absolute atomic E-state index is 13.3. The van der Waals surface area contributed by atoms with E-state index in [2.05, 4.69) is 10.3 Å². The topological polar surface area (TPSA) is 65.5 Å². The van der Waals surface area contributed by atoms with E-state index >= 15 is 0 Å². The van der Waals surface area contributed by atoms with Crippen molar-refractivity contribution in [2.45, 2.75) is 25.8 Å². The molecule has 1 fully saturated rings. The Morgan fingerprint density at radius 3 is 2.39 bits per heavy atom. The zero-order chi connectivity index (χ0) is 24.3. The number of anilines is 1. The molecule has 0 saturated carbocycles. The van der Waals surface area contributed by atoms with Gasteiger partial charge in [0, 0.05) is 50.7 Å². The van der Waals surface area contributed by atoms with Crippen molar-refractivity contribution in [1.82, 2.24) is 14.8 Å². The van der Waals surface area contributed by atoms with E-state index in [1.165, 1.54) is 18.3 Å². The number of benzene rings is 1. The third kappa shape index (κ3) is 4.62. The van der Waals surface area contributed by atoms with Crippen molar-refractivity contribution >= 4 is 17.6 Å². The lowest BCUT2D eigenvalue weighted by molar-refractivity contribution is -0.130. The molecule has 0 atom stereocenters. The lowest BCUT2D eigenvalue weighted by atomic mass is 10.0. The number of amides is 3. The molecule has 6 nitrogen and oxygen atoms in total.